The Morgan fingerprint density at radius 3 is 2.52 bits per heavy atom. The molecule has 1 heterocycles. The van der Waals surface area contributed by atoms with Crippen molar-refractivity contribution >= 4 is 22.8 Å². The third-order valence-corrected chi connectivity index (χ3v) is 4.87. The van der Waals surface area contributed by atoms with Gasteiger partial charge in [0.05, 0.1) is 6.61 Å². The van der Waals surface area contributed by atoms with Gasteiger partial charge in [0.15, 0.2) is 5.54 Å². The van der Waals surface area contributed by atoms with Gasteiger partial charge in [-0.05, 0) is 54.8 Å². The number of carbonyl (C=O) groups excluding carboxylic acids is 1. The Hall–Kier alpha value is -3.19. The first-order valence-corrected chi connectivity index (χ1v) is 9.23. The lowest BCUT2D eigenvalue weighted by Crippen LogP contribution is -2.55. The first kappa shape index (κ1) is 20.5. The number of rotatable bonds is 8. The lowest BCUT2D eigenvalue weighted by molar-refractivity contribution is -0.149. The Labute approximate surface area is 167 Å². The third kappa shape index (κ3) is 4.46. The van der Waals surface area contributed by atoms with E-state index in [4.69, 9.17) is 4.74 Å². The molecule has 0 bridgehead atoms. The van der Waals surface area contributed by atoms with Crippen LogP contribution in [0.3, 0.4) is 0 Å². The van der Waals surface area contributed by atoms with Crippen LogP contribution in [0.4, 0.5) is 4.39 Å². The Morgan fingerprint density at radius 1 is 1.17 bits per heavy atom. The summed E-state index contributed by atoms with van der Waals surface area (Å²) < 4.78 is 18.3. The second-order valence-electron chi connectivity index (χ2n) is 7.15. The van der Waals surface area contributed by atoms with E-state index < -0.39 is 11.5 Å². The summed E-state index contributed by atoms with van der Waals surface area (Å²) >= 11 is 0. The maximum absolute atomic E-state index is 13.3. The van der Waals surface area contributed by atoms with Crippen molar-refractivity contribution in [1.29, 1.82) is 0 Å². The van der Waals surface area contributed by atoms with Gasteiger partial charge in [-0.15, -0.1) is 0 Å². The molecule has 0 aliphatic carbocycles. The molecule has 0 saturated carbocycles. The minimum atomic E-state index is -1.49. The SMILES string of the molecule is COCC(C)(NC(=O)CCc1c(-c2ccc(F)cc2)[nH]c2ccccc12)C(=O)O. The van der Waals surface area contributed by atoms with Crippen molar-refractivity contribution < 1.29 is 23.8 Å². The normalized spacial score (nSPS) is 13.2. The minimum Gasteiger partial charge on any atom is -0.479 e. The number of hydrogen-bond donors (Lipinski definition) is 3. The van der Waals surface area contributed by atoms with E-state index in [2.05, 4.69) is 10.3 Å². The number of para-hydroxylation sites is 1. The number of benzene rings is 2. The molecule has 0 radical (unpaired) electrons. The number of nitrogens with one attached hydrogen (secondary N) is 2. The molecule has 3 rings (SSSR count). The summed E-state index contributed by atoms with van der Waals surface area (Å²) in [6.45, 7) is 1.27. The van der Waals surface area contributed by atoms with Gasteiger partial charge in [-0.2, -0.15) is 0 Å². The Kier molecular flexibility index (Phi) is 5.98. The molecule has 0 spiro atoms. The number of hydrogen-bond acceptors (Lipinski definition) is 3. The predicted molar refractivity (Wildman–Crippen MR) is 108 cm³/mol. The van der Waals surface area contributed by atoms with E-state index >= 15 is 0 Å². The van der Waals surface area contributed by atoms with Gasteiger partial charge < -0.3 is 20.1 Å². The number of carboxylic acid groups (broad SMARTS) is 1. The molecule has 1 aromatic heterocycles. The average Bonchev–Trinajstić information content (AvgIpc) is 3.05. The molecule has 0 fully saturated rings. The first-order chi connectivity index (χ1) is 13.8. The number of aliphatic carboxylic acids is 1. The largest absolute Gasteiger partial charge is 0.479 e. The van der Waals surface area contributed by atoms with Crippen LogP contribution in [-0.2, 0) is 20.7 Å². The number of aryl methyl sites for hydroxylation is 1. The van der Waals surface area contributed by atoms with E-state index in [1.54, 1.807) is 12.1 Å². The van der Waals surface area contributed by atoms with Crippen LogP contribution >= 0.6 is 0 Å². The van der Waals surface area contributed by atoms with Crippen molar-refractivity contribution in [3.8, 4) is 11.3 Å². The first-order valence-electron chi connectivity index (χ1n) is 9.23. The molecule has 1 unspecified atom stereocenters. The van der Waals surface area contributed by atoms with E-state index in [0.717, 1.165) is 27.7 Å². The summed E-state index contributed by atoms with van der Waals surface area (Å²) in [5, 5.41) is 12.9. The van der Waals surface area contributed by atoms with Gasteiger partial charge in [-0.3, -0.25) is 4.79 Å². The summed E-state index contributed by atoms with van der Waals surface area (Å²) in [7, 11) is 1.38. The van der Waals surface area contributed by atoms with Gasteiger partial charge in [0.25, 0.3) is 0 Å². The summed E-state index contributed by atoms with van der Waals surface area (Å²) in [5.74, 6) is -1.87. The number of ether oxygens (including phenoxy) is 1. The van der Waals surface area contributed by atoms with E-state index in [0.29, 0.717) is 6.42 Å². The number of carbonyl (C=O) groups is 2. The molecular weight excluding hydrogens is 375 g/mol. The maximum atomic E-state index is 13.3. The van der Waals surface area contributed by atoms with Gasteiger partial charge in [-0.1, -0.05) is 18.2 Å². The van der Waals surface area contributed by atoms with Crippen LogP contribution in [-0.4, -0.2) is 41.2 Å². The fourth-order valence-electron chi connectivity index (χ4n) is 3.37. The number of methoxy groups -OCH3 is 1. The highest BCUT2D eigenvalue weighted by atomic mass is 19.1. The molecule has 0 saturated heterocycles. The number of halogens is 1. The standard InChI is InChI=1S/C22H23FN2O4/c1-22(13-29-2,21(27)28)25-19(26)12-11-17-16-5-3-4-6-18(16)24-20(17)14-7-9-15(23)10-8-14/h3-10,24H,11-13H2,1-2H3,(H,25,26)(H,27,28). The summed E-state index contributed by atoms with van der Waals surface area (Å²) in [6.07, 6.45) is 0.494. The van der Waals surface area contributed by atoms with Gasteiger partial charge in [0, 0.05) is 30.1 Å². The fourth-order valence-corrected chi connectivity index (χ4v) is 3.37. The van der Waals surface area contributed by atoms with Crippen LogP contribution in [0.15, 0.2) is 48.5 Å². The van der Waals surface area contributed by atoms with Crippen LogP contribution < -0.4 is 5.32 Å². The van der Waals surface area contributed by atoms with Crippen molar-refractivity contribution in [1.82, 2.24) is 10.3 Å². The van der Waals surface area contributed by atoms with Crippen molar-refractivity contribution in [3.05, 3.63) is 59.9 Å². The minimum absolute atomic E-state index is 0.0998. The van der Waals surface area contributed by atoms with E-state index in [1.165, 1.54) is 26.2 Å². The molecule has 3 aromatic rings. The molecule has 1 amide bonds. The third-order valence-electron chi connectivity index (χ3n) is 4.87. The lowest BCUT2D eigenvalue weighted by Gasteiger charge is -2.25. The van der Waals surface area contributed by atoms with Gasteiger partial charge in [0.2, 0.25) is 5.91 Å². The van der Waals surface area contributed by atoms with Crippen molar-refractivity contribution in [2.45, 2.75) is 25.3 Å². The highest BCUT2D eigenvalue weighted by Crippen LogP contribution is 2.31. The second-order valence-corrected chi connectivity index (χ2v) is 7.15. The van der Waals surface area contributed by atoms with Gasteiger partial charge in [-0.25, -0.2) is 9.18 Å². The van der Waals surface area contributed by atoms with Crippen LogP contribution in [0.1, 0.15) is 18.9 Å². The van der Waals surface area contributed by atoms with E-state index in [9.17, 15) is 19.1 Å². The highest BCUT2D eigenvalue weighted by molar-refractivity contribution is 5.92. The number of amides is 1. The number of H-pyrrole nitrogens is 1. The number of aromatic nitrogens is 1. The summed E-state index contributed by atoms with van der Waals surface area (Å²) in [5.41, 5.74) is 1.97. The second kappa shape index (κ2) is 8.45. The molecule has 7 heteroatoms. The van der Waals surface area contributed by atoms with Gasteiger partial charge in [0.1, 0.15) is 5.82 Å². The van der Waals surface area contributed by atoms with E-state index in [1.807, 2.05) is 24.3 Å². The van der Waals surface area contributed by atoms with Crippen LogP contribution in [0.5, 0.6) is 0 Å². The Bertz CT molecular complexity index is 1030. The molecule has 1 atom stereocenters. The molecule has 29 heavy (non-hydrogen) atoms. The summed E-state index contributed by atoms with van der Waals surface area (Å²) in [4.78, 5) is 27.3. The quantitative estimate of drug-likeness (QED) is 0.542. The van der Waals surface area contributed by atoms with Crippen molar-refractivity contribution in [2.75, 3.05) is 13.7 Å². The molecular formula is C22H23FN2O4. The topological polar surface area (TPSA) is 91.4 Å². The molecule has 2 aromatic carbocycles. The number of aromatic amines is 1. The zero-order valence-corrected chi connectivity index (χ0v) is 16.3. The molecule has 3 N–H and O–H groups in total. The Morgan fingerprint density at radius 2 is 1.86 bits per heavy atom. The Balaban J connectivity index is 1.86. The molecule has 0 aliphatic rings. The fraction of sp³-hybridized carbons (Fsp3) is 0.273. The highest BCUT2D eigenvalue weighted by Gasteiger charge is 2.34. The number of fused-ring (bicyclic) bond motifs is 1. The van der Waals surface area contributed by atoms with Crippen LogP contribution in [0.2, 0.25) is 0 Å². The van der Waals surface area contributed by atoms with Gasteiger partial charge >= 0.3 is 5.97 Å². The maximum Gasteiger partial charge on any atom is 0.331 e. The molecule has 6 nitrogen and oxygen atoms in total. The summed E-state index contributed by atoms with van der Waals surface area (Å²) in [6, 6.07) is 13.9. The lowest BCUT2D eigenvalue weighted by atomic mass is 9.99. The van der Waals surface area contributed by atoms with E-state index in [-0.39, 0.29) is 24.8 Å². The zero-order valence-electron chi connectivity index (χ0n) is 16.3. The molecule has 152 valence electrons. The van der Waals surface area contributed by atoms with Crippen LogP contribution in [0.25, 0.3) is 22.2 Å². The molecule has 0 aliphatic heterocycles. The average molecular weight is 398 g/mol. The van der Waals surface area contributed by atoms with Crippen LogP contribution in [0, 0.1) is 5.82 Å². The predicted octanol–water partition coefficient (Wildman–Crippen LogP) is 3.51. The van der Waals surface area contributed by atoms with Crippen molar-refractivity contribution in [3.63, 3.8) is 0 Å². The zero-order chi connectivity index (χ0) is 21.0. The smallest absolute Gasteiger partial charge is 0.331 e. The monoisotopic (exact) mass is 398 g/mol. The number of carboxylic acids is 1. The van der Waals surface area contributed by atoms with Crippen molar-refractivity contribution in [2.24, 2.45) is 0 Å².